The lowest BCUT2D eigenvalue weighted by Gasteiger charge is -2.27. The van der Waals surface area contributed by atoms with Crippen LogP contribution in [0.3, 0.4) is 0 Å². The van der Waals surface area contributed by atoms with Gasteiger partial charge in [0.2, 0.25) is 0 Å². The SMILES string of the molecule is Cc1ccc(C(CN)N(C)CCN2CCCC2)o1. The van der Waals surface area contributed by atoms with Crippen molar-refractivity contribution in [2.24, 2.45) is 5.73 Å². The molecule has 1 aromatic heterocycles. The summed E-state index contributed by atoms with van der Waals surface area (Å²) in [5.41, 5.74) is 5.88. The maximum Gasteiger partial charge on any atom is 0.122 e. The fourth-order valence-electron chi connectivity index (χ4n) is 2.61. The summed E-state index contributed by atoms with van der Waals surface area (Å²) >= 11 is 0. The van der Waals surface area contributed by atoms with Crippen LogP contribution in [0.1, 0.15) is 30.4 Å². The Balaban J connectivity index is 1.86. The molecule has 1 aliphatic rings. The molecule has 2 N–H and O–H groups in total. The summed E-state index contributed by atoms with van der Waals surface area (Å²) in [6, 6.07) is 4.24. The number of likely N-dealkylation sites (tertiary alicyclic amines) is 1. The van der Waals surface area contributed by atoms with Crippen molar-refractivity contribution in [3.63, 3.8) is 0 Å². The molecule has 1 fully saturated rings. The van der Waals surface area contributed by atoms with Gasteiger partial charge in [-0.15, -0.1) is 0 Å². The Hall–Kier alpha value is -0.840. The molecule has 0 bridgehead atoms. The van der Waals surface area contributed by atoms with Crippen molar-refractivity contribution in [2.45, 2.75) is 25.8 Å². The van der Waals surface area contributed by atoms with Gasteiger partial charge in [-0.1, -0.05) is 0 Å². The molecule has 0 radical (unpaired) electrons. The molecule has 4 nitrogen and oxygen atoms in total. The molecule has 2 heterocycles. The fourth-order valence-corrected chi connectivity index (χ4v) is 2.61. The lowest BCUT2D eigenvalue weighted by atomic mass is 10.2. The maximum absolute atomic E-state index is 5.88. The number of likely N-dealkylation sites (N-methyl/N-ethyl adjacent to an activating group) is 1. The van der Waals surface area contributed by atoms with E-state index in [-0.39, 0.29) is 6.04 Å². The van der Waals surface area contributed by atoms with Gasteiger partial charge in [-0.05, 0) is 52.0 Å². The first-order chi connectivity index (χ1) is 8.70. The highest BCUT2D eigenvalue weighted by Gasteiger charge is 2.20. The van der Waals surface area contributed by atoms with Gasteiger partial charge in [-0.3, -0.25) is 4.90 Å². The summed E-state index contributed by atoms with van der Waals surface area (Å²) in [5, 5.41) is 0. The van der Waals surface area contributed by atoms with E-state index in [1.165, 1.54) is 25.9 Å². The molecule has 1 saturated heterocycles. The third-order valence-corrected chi connectivity index (χ3v) is 3.81. The van der Waals surface area contributed by atoms with Crippen molar-refractivity contribution in [2.75, 3.05) is 39.8 Å². The zero-order chi connectivity index (χ0) is 13.0. The molecule has 0 amide bonds. The predicted molar refractivity (Wildman–Crippen MR) is 73.5 cm³/mol. The minimum Gasteiger partial charge on any atom is -0.465 e. The summed E-state index contributed by atoms with van der Waals surface area (Å²) < 4.78 is 5.69. The Bertz CT molecular complexity index is 358. The number of aryl methyl sites for hydroxylation is 1. The number of rotatable bonds is 6. The number of nitrogens with zero attached hydrogens (tertiary/aromatic N) is 2. The first-order valence-electron chi connectivity index (χ1n) is 6.89. The Labute approximate surface area is 110 Å². The van der Waals surface area contributed by atoms with Gasteiger partial charge in [0.1, 0.15) is 11.5 Å². The van der Waals surface area contributed by atoms with Gasteiger partial charge in [-0.2, -0.15) is 0 Å². The van der Waals surface area contributed by atoms with E-state index < -0.39 is 0 Å². The smallest absolute Gasteiger partial charge is 0.122 e. The Morgan fingerprint density at radius 3 is 2.67 bits per heavy atom. The van der Waals surface area contributed by atoms with Gasteiger partial charge in [-0.25, -0.2) is 0 Å². The van der Waals surface area contributed by atoms with Gasteiger partial charge in [0.05, 0.1) is 6.04 Å². The van der Waals surface area contributed by atoms with E-state index in [1.54, 1.807) is 0 Å². The van der Waals surface area contributed by atoms with Crippen LogP contribution in [0, 0.1) is 6.92 Å². The molecule has 1 aliphatic heterocycles. The first-order valence-corrected chi connectivity index (χ1v) is 6.89. The minimum atomic E-state index is 0.196. The Morgan fingerprint density at radius 1 is 1.39 bits per heavy atom. The molecule has 0 aromatic carbocycles. The van der Waals surface area contributed by atoms with Gasteiger partial charge >= 0.3 is 0 Å². The second-order valence-electron chi connectivity index (χ2n) is 5.23. The van der Waals surface area contributed by atoms with Crippen LogP contribution in [0.5, 0.6) is 0 Å². The van der Waals surface area contributed by atoms with Gasteiger partial charge < -0.3 is 15.1 Å². The van der Waals surface area contributed by atoms with Crippen LogP contribution in [0.25, 0.3) is 0 Å². The van der Waals surface area contributed by atoms with Crippen LogP contribution in [-0.2, 0) is 0 Å². The van der Waals surface area contributed by atoms with Gasteiger partial charge in [0.15, 0.2) is 0 Å². The molecule has 4 heteroatoms. The molecule has 102 valence electrons. The summed E-state index contributed by atoms with van der Waals surface area (Å²) in [7, 11) is 2.13. The van der Waals surface area contributed by atoms with Crippen LogP contribution in [-0.4, -0.2) is 49.6 Å². The summed E-state index contributed by atoms with van der Waals surface area (Å²) in [4.78, 5) is 4.83. The monoisotopic (exact) mass is 251 g/mol. The molecule has 0 saturated carbocycles. The molecule has 0 spiro atoms. The summed E-state index contributed by atoms with van der Waals surface area (Å²) in [6.45, 7) is 7.25. The molecule has 1 aromatic rings. The van der Waals surface area contributed by atoms with Gasteiger partial charge in [0.25, 0.3) is 0 Å². The highest BCUT2D eigenvalue weighted by atomic mass is 16.3. The van der Waals surface area contributed by atoms with Crippen LogP contribution >= 0.6 is 0 Å². The second-order valence-corrected chi connectivity index (χ2v) is 5.23. The van der Waals surface area contributed by atoms with Gasteiger partial charge in [0, 0.05) is 19.6 Å². The molecule has 0 aliphatic carbocycles. The molecule has 1 atom stereocenters. The van der Waals surface area contributed by atoms with Crippen molar-refractivity contribution < 1.29 is 4.42 Å². The molecule has 1 unspecified atom stereocenters. The van der Waals surface area contributed by atoms with E-state index in [9.17, 15) is 0 Å². The minimum absolute atomic E-state index is 0.196. The highest BCUT2D eigenvalue weighted by Crippen LogP contribution is 2.20. The van der Waals surface area contributed by atoms with E-state index in [1.807, 2.05) is 19.1 Å². The van der Waals surface area contributed by atoms with Crippen molar-refractivity contribution >= 4 is 0 Å². The van der Waals surface area contributed by atoms with Crippen LogP contribution < -0.4 is 5.73 Å². The van der Waals surface area contributed by atoms with Crippen LogP contribution in [0.15, 0.2) is 16.5 Å². The molecule has 2 rings (SSSR count). The Morgan fingerprint density at radius 2 is 2.11 bits per heavy atom. The number of hydrogen-bond donors (Lipinski definition) is 1. The van der Waals surface area contributed by atoms with E-state index in [0.29, 0.717) is 6.54 Å². The van der Waals surface area contributed by atoms with Crippen molar-refractivity contribution in [1.82, 2.24) is 9.80 Å². The maximum atomic E-state index is 5.88. The van der Waals surface area contributed by atoms with E-state index in [2.05, 4.69) is 16.8 Å². The summed E-state index contributed by atoms with van der Waals surface area (Å²) in [5.74, 6) is 1.94. The number of nitrogens with two attached hydrogens (primary N) is 1. The number of hydrogen-bond acceptors (Lipinski definition) is 4. The summed E-state index contributed by atoms with van der Waals surface area (Å²) in [6.07, 6.45) is 2.70. The molecular weight excluding hydrogens is 226 g/mol. The molecule has 18 heavy (non-hydrogen) atoms. The third-order valence-electron chi connectivity index (χ3n) is 3.81. The standard InChI is InChI=1S/C14H25N3O/c1-12-5-6-14(18-12)13(11-15)16(2)9-10-17-7-3-4-8-17/h5-6,13H,3-4,7-11,15H2,1-2H3. The van der Waals surface area contributed by atoms with Crippen LogP contribution in [0.2, 0.25) is 0 Å². The second kappa shape index (κ2) is 6.36. The highest BCUT2D eigenvalue weighted by molar-refractivity contribution is 5.10. The van der Waals surface area contributed by atoms with Crippen molar-refractivity contribution in [1.29, 1.82) is 0 Å². The van der Waals surface area contributed by atoms with Crippen LogP contribution in [0.4, 0.5) is 0 Å². The number of furan rings is 1. The van der Waals surface area contributed by atoms with E-state index in [4.69, 9.17) is 10.2 Å². The average Bonchev–Trinajstić information content (AvgIpc) is 2.99. The normalized spacial score (nSPS) is 18.7. The fraction of sp³-hybridized carbons (Fsp3) is 0.714. The predicted octanol–water partition coefficient (Wildman–Crippen LogP) is 1.62. The largest absolute Gasteiger partial charge is 0.465 e. The van der Waals surface area contributed by atoms with Crippen molar-refractivity contribution in [3.8, 4) is 0 Å². The topological polar surface area (TPSA) is 45.6 Å². The van der Waals surface area contributed by atoms with Crippen molar-refractivity contribution in [3.05, 3.63) is 23.7 Å². The Kier molecular flexibility index (Phi) is 4.80. The molecular formula is C14H25N3O. The third kappa shape index (κ3) is 3.34. The quantitative estimate of drug-likeness (QED) is 0.834. The zero-order valence-corrected chi connectivity index (χ0v) is 11.6. The van der Waals surface area contributed by atoms with E-state index in [0.717, 1.165) is 24.6 Å². The first kappa shape index (κ1) is 13.6. The zero-order valence-electron chi connectivity index (χ0n) is 11.6. The lowest BCUT2D eigenvalue weighted by molar-refractivity contribution is 0.190. The average molecular weight is 251 g/mol. The lowest BCUT2D eigenvalue weighted by Crippen LogP contribution is -2.36. The van der Waals surface area contributed by atoms with E-state index >= 15 is 0 Å².